The summed E-state index contributed by atoms with van der Waals surface area (Å²) < 4.78 is 67.2. The van der Waals surface area contributed by atoms with Crippen LogP contribution in [0.4, 0.5) is 39.1 Å². The van der Waals surface area contributed by atoms with Crippen molar-refractivity contribution in [3.63, 3.8) is 0 Å². The van der Waals surface area contributed by atoms with Crippen LogP contribution in [0.3, 0.4) is 0 Å². The molecule has 12 heteroatoms. The number of hydrogen-bond donors (Lipinski definition) is 3. The van der Waals surface area contributed by atoms with E-state index < -0.39 is 34.8 Å². The number of benzene rings is 2. The molecule has 0 bridgehead atoms. The quantitative estimate of drug-likeness (QED) is 0.241. The highest BCUT2D eigenvalue weighted by Crippen LogP contribution is 2.33. The summed E-state index contributed by atoms with van der Waals surface area (Å²) in [4.78, 5) is 28.4. The summed E-state index contributed by atoms with van der Waals surface area (Å²) in [6.07, 6.45) is -0.206. The SMILES string of the molecule is O=C(Nc1cc(Nc2ncccc2-c2ncnc3[nH]ccc23)ccc1F)c1cc(F)cc(C(F)(F)F)c1. The molecule has 3 N–H and O–H groups in total. The molecule has 0 aliphatic carbocycles. The van der Waals surface area contributed by atoms with Crippen molar-refractivity contribution in [1.82, 2.24) is 19.9 Å². The molecule has 0 saturated carbocycles. The van der Waals surface area contributed by atoms with Crippen molar-refractivity contribution in [2.45, 2.75) is 6.18 Å². The largest absolute Gasteiger partial charge is 0.416 e. The van der Waals surface area contributed by atoms with Crippen molar-refractivity contribution in [2.75, 3.05) is 10.6 Å². The molecule has 0 aliphatic rings. The summed E-state index contributed by atoms with van der Waals surface area (Å²) in [5.74, 6) is -2.85. The van der Waals surface area contributed by atoms with Crippen molar-refractivity contribution >= 4 is 34.1 Å². The van der Waals surface area contributed by atoms with Crippen molar-refractivity contribution in [1.29, 1.82) is 0 Å². The summed E-state index contributed by atoms with van der Waals surface area (Å²) in [6, 6.07) is 10.4. The normalized spacial score (nSPS) is 11.5. The molecule has 37 heavy (non-hydrogen) atoms. The Kier molecular flexibility index (Phi) is 5.99. The lowest BCUT2D eigenvalue weighted by Crippen LogP contribution is -2.15. The van der Waals surface area contributed by atoms with E-state index in [4.69, 9.17) is 0 Å². The molecule has 5 aromatic rings. The van der Waals surface area contributed by atoms with Gasteiger partial charge in [-0.05, 0) is 54.6 Å². The Balaban J connectivity index is 1.44. The number of H-pyrrole nitrogens is 1. The van der Waals surface area contributed by atoms with Crippen molar-refractivity contribution in [2.24, 2.45) is 0 Å². The molecular formula is C25H15F5N6O. The standard InChI is InChI=1S/C25H15F5N6O/c26-15-9-13(8-14(10-15)25(28,29)30)24(37)36-20-11-16(3-4-19(20)27)35-23-17(2-1-6-31-23)21-18-5-7-32-22(18)34-12-33-21/h1-12H,(H,31,35)(H,36,37)(H,32,33,34). The number of rotatable bonds is 5. The maximum Gasteiger partial charge on any atom is 0.416 e. The highest BCUT2D eigenvalue weighted by molar-refractivity contribution is 6.04. The third-order valence-corrected chi connectivity index (χ3v) is 5.38. The van der Waals surface area contributed by atoms with Gasteiger partial charge in [0.05, 0.1) is 16.9 Å². The lowest BCUT2D eigenvalue weighted by molar-refractivity contribution is -0.137. The number of alkyl halides is 3. The van der Waals surface area contributed by atoms with Gasteiger partial charge in [-0.2, -0.15) is 13.2 Å². The van der Waals surface area contributed by atoms with E-state index in [0.717, 1.165) is 11.5 Å². The lowest BCUT2D eigenvalue weighted by Gasteiger charge is -2.14. The first-order valence-electron chi connectivity index (χ1n) is 10.7. The highest BCUT2D eigenvalue weighted by atomic mass is 19.4. The monoisotopic (exact) mass is 510 g/mol. The van der Waals surface area contributed by atoms with Crippen LogP contribution >= 0.6 is 0 Å². The molecule has 0 saturated heterocycles. The number of anilines is 3. The minimum atomic E-state index is -4.86. The average molecular weight is 510 g/mol. The molecule has 1 amide bonds. The van der Waals surface area contributed by atoms with E-state index in [-0.39, 0.29) is 11.8 Å². The summed E-state index contributed by atoms with van der Waals surface area (Å²) in [5.41, 5.74) is -0.147. The second kappa shape index (κ2) is 9.30. The van der Waals surface area contributed by atoms with Gasteiger partial charge in [-0.15, -0.1) is 0 Å². The third-order valence-electron chi connectivity index (χ3n) is 5.38. The maximum absolute atomic E-state index is 14.5. The first-order chi connectivity index (χ1) is 17.7. The minimum absolute atomic E-state index is 0.269. The minimum Gasteiger partial charge on any atom is -0.346 e. The number of halogens is 5. The fourth-order valence-electron chi connectivity index (χ4n) is 3.70. The van der Waals surface area contributed by atoms with Crippen LogP contribution in [-0.4, -0.2) is 25.8 Å². The fourth-order valence-corrected chi connectivity index (χ4v) is 3.70. The maximum atomic E-state index is 14.5. The van der Waals surface area contributed by atoms with Gasteiger partial charge in [0.15, 0.2) is 0 Å². The van der Waals surface area contributed by atoms with Crippen molar-refractivity contribution in [3.8, 4) is 11.3 Å². The average Bonchev–Trinajstić information content (AvgIpc) is 3.35. The zero-order chi connectivity index (χ0) is 26.2. The van der Waals surface area contributed by atoms with Gasteiger partial charge in [-0.25, -0.2) is 23.7 Å². The summed E-state index contributed by atoms with van der Waals surface area (Å²) in [6.45, 7) is 0. The fraction of sp³-hybridized carbons (Fsp3) is 0.0400. The van der Waals surface area contributed by atoms with Crippen LogP contribution in [0.5, 0.6) is 0 Å². The number of hydrogen-bond acceptors (Lipinski definition) is 5. The first-order valence-corrected chi connectivity index (χ1v) is 10.7. The molecule has 7 nitrogen and oxygen atoms in total. The Labute approximate surface area is 205 Å². The summed E-state index contributed by atoms with van der Waals surface area (Å²) in [7, 11) is 0. The van der Waals surface area contributed by atoms with Crippen LogP contribution in [0.15, 0.2) is 73.3 Å². The number of fused-ring (bicyclic) bond motifs is 1. The highest BCUT2D eigenvalue weighted by Gasteiger charge is 2.32. The van der Waals surface area contributed by atoms with Gasteiger partial charge < -0.3 is 15.6 Å². The van der Waals surface area contributed by atoms with Gasteiger partial charge in [0.1, 0.15) is 29.4 Å². The number of nitrogens with one attached hydrogen (secondary N) is 3. The Morgan fingerprint density at radius 2 is 1.78 bits per heavy atom. The number of carbonyl (C=O) groups excluding carboxylic acids is 1. The zero-order valence-electron chi connectivity index (χ0n) is 18.6. The van der Waals surface area contributed by atoms with Crippen LogP contribution in [0.25, 0.3) is 22.3 Å². The van der Waals surface area contributed by atoms with Crippen LogP contribution in [0, 0.1) is 11.6 Å². The van der Waals surface area contributed by atoms with Crippen LogP contribution in [0.1, 0.15) is 15.9 Å². The van der Waals surface area contributed by atoms with Gasteiger partial charge in [0, 0.05) is 34.6 Å². The first kappa shape index (κ1) is 23.9. The van der Waals surface area contributed by atoms with Crippen LogP contribution < -0.4 is 10.6 Å². The molecule has 0 aliphatic heterocycles. The predicted octanol–water partition coefficient (Wildman–Crippen LogP) is 6.31. The van der Waals surface area contributed by atoms with Gasteiger partial charge in [0.2, 0.25) is 0 Å². The van der Waals surface area contributed by atoms with Crippen molar-refractivity contribution < 1.29 is 26.7 Å². The molecule has 3 aromatic heterocycles. The number of aromatic nitrogens is 4. The molecule has 3 heterocycles. The van der Waals surface area contributed by atoms with E-state index in [1.165, 1.54) is 24.7 Å². The molecule has 0 radical (unpaired) electrons. The zero-order valence-corrected chi connectivity index (χ0v) is 18.6. The number of carbonyl (C=O) groups is 1. The van der Waals surface area contributed by atoms with Gasteiger partial charge in [-0.1, -0.05) is 0 Å². The van der Waals surface area contributed by atoms with Gasteiger partial charge in [-0.3, -0.25) is 4.79 Å². The molecule has 0 fully saturated rings. The van der Waals surface area contributed by atoms with Crippen LogP contribution in [0.2, 0.25) is 0 Å². The van der Waals surface area contributed by atoms with E-state index in [1.54, 1.807) is 18.3 Å². The van der Waals surface area contributed by atoms with Crippen molar-refractivity contribution in [3.05, 3.63) is 96.1 Å². The molecule has 0 spiro atoms. The van der Waals surface area contributed by atoms with E-state index in [9.17, 15) is 26.7 Å². The molecule has 5 rings (SSSR count). The number of aromatic amines is 1. The molecule has 0 unspecified atom stereocenters. The summed E-state index contributed by atoms with van der Waals surface area (Å²) >= 11 is 0. The topological polar surface area (TPSA) is 95.6 Å². The number of amides is 1. The third kappa shape index (κ3) is 4.94. The van der Waals surface area contributed by atoms with Gasteiger partial charge >= 0.3 is 6.18 Å². The van der Waals surface area contributed by atoms with Crippen LogP contribution in [-0.2, 0) is 6.18 Å². The Hall–Kier alpha value is -4.87. The van der Waals surface area contributed by atoms with E-state index >= 15 is 0 Å². The Morgan fingerprint density at radius 3 is 2.59 bits per heavy atom. The molecule has 186 valence electrons. The molecule has 2 aromatic carbocycles. The predicted molar refractivity (Wildman–Crippen MR) is 126 cm³/mol. The Morgan fingerprint density at radius 1 is 0.946 bits per heavy atom. The summed E-state index contributed by atoms with van der Waals surface area (Å²) in [5, 5.41) is 5.98. The second-order valence-electron chi connectivity index (χ2n) is 7.86. The smallest absolute Gasteiger partial charge is 0.346 e. The number of nitrogens with zero attached hydrogens (tertiary/aromatic N) is 3. The van der Waals surface area contributed by atoms with E-state index in [2.05, 4.69) is 30.6 Å². The molecular weight excluding hydrogens is 495 g/mol. The van der Waals surface area contributed by atoms with E-state index in [1.807, 2.05) is 6.07 Å². The number of pyridine rings is 1. The lowest BCUT2D eigenvalue weighted by atomic mass is 10.1. The Bertz CT molecular complexity index is 1630. The van der Waals surface area contributed by atoms with E-state index in [0.29, 0.717) is 40.5 Å². The molecule has 0 atom stereocenters. The second-order valence-corrected chi connectivity index (χ2v) is 7.86. The van der Waals surface area contributed by atoms with Gasteiger partial charge in [0.25, 0.3) is 5.91 Å².